The van der Waals surface area contributed by atoms with Gasteiger partial charge in [0.25, 0.3) is 17.5 Å². The van der Waals surface area contributed by atoms with Crippen molar-refractivity contribution in [2.45, 2.75) is 58.0 Å². The minimum atomic E-state index is -0.749. The van der Waals surface area contributed by atoms with E-state index >= 15 is 0 Å². The molecule has 2 amide bonds. The van der Waals surface area contributed by atoms with E-state index in [9.17, 15) is 19.6 Å². The van der Waals surface area contributed by atoms with E-state index < -0.39 is 18.4 Å². The first kappa shape index (κ1) is 29.5. The second kappa shape index (κ2) is 11.7. The molecule has 1 aliphatic rings. The number of amides is 2. The molecule has 1 aliphatic carbocycles. The van der Waals surface area contributed by atoms with E-state index in [2.05, 4.69) is 60.2 Å². The zero-order valence-electron chi connectivity index (χ0n) is 24.6. The number of aromatic nitrogens is 2. The van der Waals surface area contributed by atoms with Gasteiger partial charge in [0.15, 0.2) is 6.61 Å². The first-order chi connectivity index (χ1) is 20.4. The predicted molar refractivity (Wildman–Crippen MR) is 159 cm³/mol. The van der Waals surface area contributed by atoms with Crippen molar-refractivity contribution < 1.29 is 28.7 Å². The molecule has 0 bridgehead atoms. The maximum Gasteiger partial charge on any atom is 0.325 e. The molecule has 0 radical (unpaired) electrons. The summed E-state index contributed by atoms with van der Waals surface area (Å²) in [5, 5.41) is 21.1. The smallest absolute Gasteiger partial charge is 0.325 e. The second-order valence-electron chi connectivity index (χ2n) is 12.0. The SMILES string of the molecule is CC1(C)CCC(C)(C)c2cc(NC(=O)c3ccc(C(=O)NCC(=O)OCc4c(-c5ccccc5)no[n+]4[O-])cc3)ccc21. The van der Waals surface area contributed by atoms with E-state index in [1.54, 1.807) is 36.4 Å². The van der Waals surface area contributed by atoms with Gasteiger partial charge in [-0.2, -0.15) is 0 Å². The second-order valence-corrected chi connectivity index (χ2v) is 12.0. The lowest BCUT2D eigenvalue weighted by atomic mass is 9.63. The normalized spacial score (nSPS) is 14.8. The van der Waals surface area contributed by atoms with E-state index in [1.807, 2.05) is 12.1 Å². The van der Waals surface area contributed by atoms with E-state index in [4.69, 9.17) is 4.74 Å². The number of ether oxygens (including phenoxy) is 1. The molecule has 1 aromatic heterocycles. The number of benzene rings is 3. The average Bonchev–Trinajstić information content (AvgIpc) is 3.37. The molecule has 5 rings (SSSR count). The monoisotopic (exact) mass is 582 g/mol. The Morgan fingerprint density at radius 1 is 0.884 bits per heavy atom. The Labute approximate surface area is 249 Å². The van der Waals surface area contributed by atoms with Crippen LogP contribution in [-0.4, -0.2) is 29.5 Å². The number of carbonyl (C=O) groups excluding carboxylic acids is 3. The van der Waals surface area contributed by atoms with Crippen molar-refractivity contribution in [1.29, 1.82) is 0 Å². The number of anilines is 1. The van der Waals surface area contributed by atoms with Crippen molar-refractivity contribution in [2.75, 3.05) is 11.9 Å². The molecular weight excluding hydrogens is 548 g/mol. The molecule has 4 aromatic rings. The van der Waals surface area contributed by atoms with Crippen LogP contribution in [0, 0.1) is 5.21 Å². The summed E-state index contributed by atoms with van der Waals surface area (Å²) in [6, 6.07) is 21.1. The highest BCUT2D eigenvalue weighted by atomic mass is 16.8. The molecule has 0 saturated carbocycles. The number of nitrogens with zero attached hydrogens (tertiary/aromatic N) is 2. The zero-order chi connectivity index (χ0) is 30.8. The van der Waals surface area contributed by atoms with Gasteiger partial charge in [-0.3, -0.25) is 19.0 Å². The van der Waals surface area contributed by atoms with Crippen LogP contribution in [0.5, 0.6) is 0 Å². The summed E-state index contributed by atoms with van der Waals surface area (Å²) in [6.45, 7) is 8.17. The Hall–Kier alpha value is -4.99. The third-order valence-corrected chi connectivity index (χ3v) is 8.03. The Balaban J connectivity index is 1.15. The number of fused-ring (bicyclic) bond motifs is 1. The first-order valence-corrected chi connectivity index (χ1v) is 14.1. The average molecular weight is 583 g/mol. The van der Waals surface area contributed by atoms with Crippen molar-refractivity contribution in [2.24, 2.45) is 0 Å². The van der Waals surface area contributed by atoms with Gasteiger partial charge < -0.3 is 20.6 Å². The van der Waals surface area contributed by atoms with Crippen LogP contribution in [0.2, 0.25) is 0 Å². The van der Waals surface area contributed by atoms with Crippen LogP contribution in [0.4, 0.5) is 5.69 Å². The van der Waals surface area contributed by atoms with Crippen molar-refractivity contribution in [3.63, 3.8) is 0 Å². The highest BCUT2D eigenvalue weighted by molar-refractivity contribution is 6.05. The Kier molecular flexibility index (Phi) is 8.04. The standard InChI is InChI=1S/C33H34N4O6/c1-32(2)16-17-33(3,4)26-18-24(14-15-25(26)32)35-31(40)23-12-10-22(11-13-23)30(39)34-19-28(38)42-20-27-29(36-43-37(27)41)21-8-6-5-7-9-21/h5-15,18H,16-17,19-20H2,1-4H3,(H,34,39)(H,35,40). The predicted octanol–water partition coefficient (Wildman–Crippen LogP) is 5.05. The van der Waals surface area contributed by atoms with Gasteiger partial charge in [-0.05, 0) is 76.1 Å². The quantitative estimate of drug-likeness (QED) is 0.219. The molecule has 43 heavy (non-hydrogen) atoms. The van der Waals surface area contributed by atoms with Crippen LogP contribution in [0.1, 0.15) is 78.1 Å². The fourth-order valence-electron chi connectivity index (χ4n) is 5.30. The van der Waals surface area contributed by atoms with Crippen LogP contribution in [0.3, 0.4) is 0 Å². The van der Waals surface area contributed by atoms with Crippen molar-refractivity contribution >= 4 is 23.5 Å². The van der Waals surface area contributed by atoms with E-state index in [0.29, 0.717) is 11.1 Å². The lowest BCUT2D eigenvalue weighted by Gasteiger charge is -2.42. The molecule has 0 saturated heterocycles. The molecular formula is C33H34N4O6. The molecule has 0 atom stereocenters. The van der Waals surface area contributed by atoms with Gasteiger partial charge in [-0.1, -0.05) is 64.1 Å². The van der Waals surface area contributed by atoms with E-state index in [0.717, 1.165) is 18.5 Å². The number of hydrogen-bond acceptors (Lipinski definition) is 7. The van der Waals surface area contributed by atoms with Crippen LogP contribution in [0.25, 0.3) is 11.3 Å². The third kappa shape index (κ3) is 6.43. The molecule has 10 heteroatoms. The van der Waals surface area contributed by atoms with Crippen LogP contribution >= 0.6 is 0 Å². The van der Waals surface area contributed by atoms with Gasteiger partial charge >= 0.3 is 5.97 Å². The van der Waals surface area contributed by atoms with Crippen molar-refractivity contribution in [1.82, 2.24) is 10.5 Å². The number of carbonyl (C=O) groups is 3. The highest BCUT2D eigenvalue weighted by Gasteiger charge is 2.37. The van der Waals surface area contributed by atoms with Crippen LogP contribution < -0.4 is 15.5 Å². The number of nitrogens with one attached hydrogen (secondary N) is 2. The van der Waals surface area contributed by atoms with Crippen molar-refractivity contribution in [3.05, 3.63) is 106 Å². The van der Waals surface area contributed by atoms with Gasteiger partial charge in [-0.25, -0.2) is 0 Å². The molecule has 1 heterocycles. The summed E-state index contributed by atoms with van der Waals surface area (Å²) in [5.41, 5.74) is 4.97. The largest absolute Gasteiger partial charge is 0.455 e. The summed E-state index contributed by atoms with van der Waals surface area (Å²) in [5.74, 6) is -1.55. The fraction of sp³-hybridized carbons (Fsp3) is 0.303. The summed E-state index contributed by atoms with van der Waals surface area (Å²) in [7, 11) is 0. The summed E-state index contributed by atoms with van der Waals surface area (Å²) in [4.78, 5) is 38.0. The fourth-order valence-corrected chi connectivity index (χ4v) is 5.30. The minimum absolute atomic E-state index is 0.0204. The lowest BCUT2D eigenvalue weighted by Crippen LogP contribution is -2.33. The number of rotatable bonds is 8. The van der Waals surface area contributed by atoms with Gasteiger partial charge in [0.05, 0.1) is 0 Å². The van der Waals surface area contributed by atoms with E-state index in [1.165, 1.54) is 23.3 Å². The molecule has 0 unspecified atom stereocenters. The van der Waals surface area contributed by atoms with E-state index in [-0.39, 0.29) is 45.2 Å². The summed E-state index contributed by atoms with van der Waals surface area (Å²) in [6.07, 6.45) is 2.18. The molecule has 0 aliphatic heterocycles. The van der Waals surface area contributed by atoms with Crippen molar-refractivity contribution in [3.8, 4) is 11.3 Å². The Bertz CT molecular complexity index is 1660. The molecule has 3 aromatic carbocycles. The molecule has 10 nitrogen and oxygen atoms in total. The molecule has 0 spiro atoms. The van der Waals surface area contributed by atoms with Crippen LogP contribution in [0.15, 0.2) is 77.4 Å². The summed E-state index contributed by atoms with van der Waals surface area (Å²) < 4.78 is 9.81. The van der Waals surface area contributed by atoms with Gasteiger partial charge in [0.2, 0.25) is 5.69 Å². The maximum absolute atomic E-state index is 13.0. The summed E-state index contributed by atoms with van der Waals surface area (Å²) >= 11 is 0. The number of hydrogen-bond donors (Lipinski definition) is 2. The molecule has 222 valence electrons. The van der Waals surface area contributed by atoms with Gasteiger partial charge in [0.1, 0.15) is 6.54 Å². The maximum atomic E-state index is 13.0. The third-order valence-electron chi connectivity index (χ3n) is 8.03. The molecule has 0 fully saturated rings. The molecule has 2 N–H and O–H groups in total. The number of esters is 1. The van der Waals surface area contributed by atoms with Gasteiger partial charge in [-0.15, -0.1) is 0 Å². The Morgan fingerprint density at radius 3 is 2.19 bits per heavy atom. The van der Waals surface area contributed by atoms with Gasteiger partial charge in [0, 0.05) is 27.5 Å². The topological polar surface area (TPSA) is 137 Å². The Morgan fingerprint density at radius 2 is 1.51 bits per heavy atom. The zero-order valence-corrected chi connectivity index (χ0v) is 24.6. The minimum Gasteiger partial charge on any atom is -0.455 e. The van der Waals surface area contributed by atoms with Crippen LogP contribution in [-0.2, 0) is 27.0 Å². The first-order valence-electron chi connectivity index (χ1n) is 14.1. The highest BCUT2D eigenvalue weighted by Crippen LogP contribution is 2.46. The lowest BCUT2D eigenvalue weighted by molar-refractivity contribution is -0.808.